The van der Waals surface area contributed by atoms with Crippen LogP contribution < -0.4 is 0 Å². The molecule has 4 saturated carbocycles. The van der Waals surface area contributed by atoms with Crippen LogP contribution in [-0.2, 0) is 9.59 Å². The lowest BCUT2D eigenvalue weighted by atomic mass is 9.41. The lowest BCUT2D eigenvalue weighted by molar-refractivity contribution is -0.226. The Labute approximate surface area is 165 Å². The van der Waals surface area contributed by atoms with E-state index in [1.165, 1.54) is 0 Å². The van der Waals surface area contributed by atoms with Crippen LogP contribution in [0.4, 0.5) is 0 Å². The lowest BCUT2D eigenvalue weighted by Crippen LogP contribution is -2.66. The normalized spacial score (nSPS) is 56.5. The molecule has 0 heterocycles. The van der Waals surface area contributed by atoms with E-state index in [1.54, 1.807) is 6.92 Å². The number of rotatable bonds is 1. The Hall–Kier alpha value is -0.220. The van der Waals surface area contributed by atoms with Crippen molar-refractivity contribution in [1.29, 1.82) is 0 Å². The summed E-state index contributed by atoms with van der Waals surface area (Å²) in [5, 5.41) is 11.6. The summed E-state index contributed by atoms with van der Waals surface area (Å²) in [6, 6.07) is 0. The number of carbonyl (C=O) groups is 2. The van der Waals surface area contributed by atoms with Crippen molar-refractivity contribution in [2.75, 3.05) is 0 Å². The van der Waals surface area contributed by atoms with E-state index in [-0.39, 0.29) is 32.6 Å². The van der Waals surface area contributed by atoms with Gasteiger partial charge in [-0.3, -0.25) is 9.59 Å². The lowest BCUT2D eigenvalue weighted by Gasteiger charge is -2.65. The molecular weight excluding hydrogens is 392 g/mol. The van der Waals surface area contributed by atoms with Gasteiger partial charge in [0, 0.05) is 18.3 Å². The molecular formula is C22H33BrO3. The van der Waals surface area contributed by atoms with Crippen molar-refractivity contribution in [1.82, 2.24) is 0 Å². The SMILES string of the molecule is CC(=O)[C@@]1(Br)CC[C@H]2[C@@H]3C[C@@H](C)[C@@]4(O)CC(=O)CC[C@]4(C)[C@H]3CC[C@@]21C. The standard InChI is InChI=1S/C22H33BrO3/c1-13-11-16-17-7-10-21(23,14(2)24)19(17,3)9-6-18(16)20(4)8-5-15(25)12-22(13,20)26/h13,16-18,26H,5-12H2,1-4H3/t13-,16+,17+,18+,19+,20-,21+,22+/m1/s1. The van der Waals surface area contributed by atoms with E-state index in [0.29, 0.717) is 30.6 Å². The molecule has 26 heavy (non-hydrogen) atoms. The molecule has 3 nitrogen and oxygen atoms in total. The minimum Gasteiger partial charge on any atom is -0.389 e. The van der Waals surface area contributed by atoms with Crippen molar-refractivity contribution in [3.8, 4) is 0 Å². The molecule has 0 radical (unpaired) electrons. The monoisotopic (exact) mass is 424 g/mol. The third kappa shape index (κ3) is 2.09. The van der Waals surface area contributed by atoms with E-state index in [4.69, 9.17) is 0 Å². The number of alkyl halides is 1. The van der Waals surface area contributed by atoms with Crippen molar-refractivity contribution in [2.45, 2.75) is 89.0 Å². The second kappa shape index (κ2) is 5.65. The number of hydrogen-bond acceptors (Lipinski definition) is 3. The van der Waals surface area contributed by atoms with Gasteiger partial charge in [0.2, 0.25) is 0 Å². The van der Waals surface area contributed by atoms with Gasteiger partial charge in [-0.1, -0.05) is 36.7 Å². The Kier molecular flexibility index (Phi) is 4.16. The molecule has 8 atom stereocenters. The van der Waals surface area contributed by atoms with Crippen molar-refractivity contribution < 1.29 is 14.7 Å². The Morgan fingerprint density at radius 2 is 1.73 bits per heavy atom. The molecule has 0 aromatic carbocycles. The van der Waals surface area contributed by atoms with Crippen LogP contribution in [0.2, 0.25) is 0 Å². The van der Waals surface area contributed by atoms with Crippen LogP contribution in [0, 0.1) is 34.5 Å². The summed E-state index contributed by atoms with van der Waals surface area (Å²) in [5.74, 6) is 2.20. The molecule has 146 valence electrons. The quantitative estimate of drug-likeness (QED) is 0.621. The zero-order valence-electron chi connectivity index (χ0n) is 16.6. The van der Waals surface area contributed by atoms with Gasteiger partial charge in [-0.2, -0.15) is 0 Å². The highest BCUT2D eigenvalue weighted by Gasteiger charge is 2.69. The summed E-state index contributed by atoms with van der Waals surface area (Å²) in [6.07, 6.45) is 6.91. The second-order valence-electron chi connectivity index (χ2n) is 10.4. The fourth-order valence-corrected chi connectivity index (χ4v) is 8.74. The van der Waals surface area contributed by atoms with Crippen molar-refractivity contribution in [2.24, 2.45) is 34.5 Å². The molecule has 4 fully saturated rings. The van der Waals surface area contributed by atoms with Crippen LogP contribution in [0.5, 0.6) is 0 Å². The number of aliphatic hydroxyl groups is 1. The number of halogens is 1. The molecule has 0 amide bonds. The third-order valence-electron chi connectivity index (χ3n) is 9.73. The van der Waals surface area contributed by atoms with Gasteiger partial charge in [-0.15, -0.1) is 0 Å². The van der Waals surface area contributed by atoms with Crippen molar-refractivity contribution in [3.63, 3.8) is 0 Å². The number of Topliss-reactive ketones (excluding diaryl/α,β-unsaturated/α-hetero) is 2. The minimum absolute atomic E-state index is 0.00994. The van der Waals surface area contributed by atoms with Gasteiger partial charge < -0.3 is 5.11 Å². The highest BCUT2D eigenvalue weighted by atomic mass is 79.9. The topological polar surface area (TPSA) is 54.4 Å². The Morgan fingerprint density at radius 3 is 2.38 bits per heavy atom. The van der Waals surface area contributed by atoms with Gasteiger partial charge in [0.1, 0.15) is 11.6 Å². The van der Waals surface area contributed by atoms with E-state index < -0.39 is 5.60 Å². The van der Waals surface area contributed by atoms with E-state index >= 15 is 0 Å². The molecule has 0 aromatic rings. The van der Waals surface area contributed by atoms with Gasteiger partial charge in [0.05, 0.1) is 9.93 Å². The summed E-state index contributed by atoms with van der Waals surface area (Å²) in [7, 11) is 0. The zero-order valence-corrected chi connectivity index (χ0v) is 18.2. The summed E-state index contributed by atoms with van der Waals surface area (Å²) in [4.78, 5) is 24.7. The molecule has 0 aromatic heterocycles. The van der Waals surface area contributed by atoms with Crippen LogP contribution >= 0.6 is 15.9 Å². The maximum Gasteiger partial charge on any atom is 0.147 e. The first-order chi connectivity index (χ1) is 12.0. The van der Waals surface area contributed by atoms with Gasteiger partial charge in [-0.05, 0) is 74.5 Å². The average Bonchev–Trinajstić information content (AvgIpc) is 2.84. The molecule has 4 heteroatoms. The largest absolute Gasteiger partial charge is 0.389 e. The molecule has 0 saturated heterocycles. The summed E-state index contributed by atoms with van der Waals surface area (Å²) in [6.45, 7) is 8.48. The molecule has 4 aliphatic rings. The van der Waals surface area contributed by atoms with E-state index in [9.17, 15) is 14.7 Å². The van der Waals surface area contributed by atoms with E-state index in [2.05, 4.69) is 36.7 Å². The number of ketones is 2. The summed E-state index contributed by atoms with van der Waals surface area (Å²) >= 11 is 3.90. The van der Waals surface area contributed by atoms with Crippen LogP contribution in [0.3, 0.4) is 0 Å². The highest BCUT2D eigenvalue weighted by Crippen LogP contribution is 2.71. The molecule has 0 bridgehead atoms. The van der Waals surface area contributed by atoms with Crippen LogP contribution in [0.15, 0.2) is 0 Å². The Morgan fingerprint density at radius 1 is 1.12 bits per heavy atom. The van der Waals surface area contributed by atoms with Crippen LogP contribution in [-0.4, -0.2) is 26.6 Å². The molecule has 4 rings (SSSR count). The maximum atomic E-state index is 12.5. The first-order valence-electron chi connectivity index (χ1n) is 10.4. The maximum absolute atomic E-state index is 12.5. The van der Waals surface area contributed by atoms with E-state index in [1.807, 2.05) is 0 Å². The molecule has 4 aliphatic carbocycles. The minimum atomic E-state index is -0.845. The molecule has 0 aliphatic heterocycles. The second-order valence-corrected chi connectivity index (χ2v) is 11.8. The summed E-state index contributed by atoms with van der Waals surface area (Å²) < 4.78 is -0.379. The fourth-order valence-electron chi connectivity index (χ4n) is 8.02. The number of fused-ring (bicyclic) bond motifs is 5. The van der Waals surface area contributed by atoms with E-state index in [0.717, 1.165) is 38.5 Å². The first kappa shape index (κ1) is 19.1. The highest BCUT2D eigenvalue weighted by molar-refractivity contribution is 9.10. The average molecular weight is 425 g/mol. The molecule has 1 N–H and O–H groups in total. The van der Waals surface area contributed by atoms with Crippen molar-refractivity contribution >= 4 is 27.5 Å². The first-order valence-corrected chi connectivity index (χ1v) is 11.2. The zero-order chi connectivity index (χ0) is 19.1. The fraction of sp³-hybridized carbons (Fsp3) is 0.909. The number of hydrogen-bond donors (Lipinski definition) is 1. The molecule has 0 unspecified atom stereocenters. The predicted molar refractivity (Wildman–Crippen MR) is 105 cm³/mol. The van der Waals surface area contributed by atoms with Gasteiger partial charge >= 0.3 is 0 Å². The van der Waals surface area contributed by atoms with Gasteiger partial charge in [0.15, 0.2) is 0 Å². The summed E-state index contributed by atoms with van der Waals surface area (Å²) in [5.41, 5.74) is -1.00. The van der Waals surface area contributed by atoms with Gasteiger partial charge in [-0.25, -0.2) is 0 Å². The van der Waals surface area contributed by atoms with Gasteiger partial charge in [0.25, 0.3) is 0 Å². The van der Waals surface area contributed by atoms with Crippen LogP contribution in [0.1, 0.15) is 79.1 Å². The Bertz CT molecular complexity index is 662. The van der Waals surface area contributed by atoms with Crippen LogP contribution in [0.25, 0.3) is 0 Å². The predicted octanol–water partition coefficient (Wildman–Crippen LogP) is 4.68. The Balaban J connectivity index is 1.73. The third-order valence-corrected chi connectivity index (χ3v) is 11.6. The number of carbonyl (C=O) groups excluding carboxylic acids is 2. The van der Waals surface area contributed by atoms with Crippen molar-refractivity contribution in [3.05, 3.63) is 0 Å². The smallest absolute Gasteiger partial charge is 0.147 e. The molecule has 0 spiro atoms.